The number of carbonyl (C=O) groups excluding carboxylic acids is 2. The lowest BCUT2D eigenvalue weighted by atomic mass is 9.94. The summed E-state index contributed by atoms with van der Waals surface area (Å²) in [7, 11) is 1.72. The van der Waals surface area contributed by atoms with E-state index in [1.807, 2.05) is 0 Å². The van der Waals surface area contributed by atoms with Crippen LogP contribution in [0.15, 0.2) is 5.16 Å². The third kappa shape index (κ3) is 2.64. The van der Waals surface area contributed by atoms with Crippen LogP contribution in [-0.4, -0.2) is 58.3 Å². The molecule has 0 saturated carbocycles. The smallest absolute Gasteiger partial charge is 0.247 e. The van der Waals surface area contributed by atoms with Gasteiger partial charge in [-0.25, -0.2) is 0 Å². The van der Waals surface area contributed by atoms with E-state index in [9.17, 15) is 9.59 Å². The molecule has 0 aromatic rings. The zero-order chi connectivity index (χ0) is 14.8. The molecule has 0 spiro atoms. The van der Waals surface area contributed by atoms with Gasteiger partial charge in [0.25, 0.3) is 0 Å². The molecule has 0 aromatic carbocycles. The molecule has 2 amide bonds. The number of amides is 2. The molecule has 3 N–H and O–H groups in total. The highest BCUT2D eigenvalue weighted by Crippen LogP contribution is 2.24. The highest BCUT2D eigenvalue weighted by Gasteiger charge is 2.44. The van der Waals surface area contributed by atoms with Crippen molar-refractivity contribution in [1.29, 1.82) is 0 Å². The first kappa shape index (κ1) is 15.3. The summed E-state index contributed by atoms with van der Waals surface area (Å²) in [5, 5.41) is 11.6. The molecule has 19 heavy (non-hydrogen) atoms. The van der Waals surface area contributed by atoms with Gasteiger partial charge in [0.15, 0.2) is 5.84 Å². The summed E-state index contributed by atoms with van der Waals surface area (Å²) in [5.74, 6) is -1.19. The van der Waals surface area contributed by atoms with Gasteiger partial charge >= 0.3 is 0 Å². The number of oxime groups is 1. The van der Waals surface area contributed by atoms with Crippen LogP contribution in [0, 0.1) is 5.92 Å². The summed E-state index contributed by atoms with van der Waals surface area (Å²) in [5.41, 5.74) is 4.63. The lowest BCUT2D eigenvalue weighted by molar-refractivity contribution is -0.158. The van der Waals surface area contributed by atoms with Gasteiger partial charge in [0.2, 0.25) is 11.8 Å². The standard InChI is InChI=1S/C12H22N4O3/c1-5-8(9(13)14-19)10(17)16-7-6-15(4)11(18)12(16,2)3/h8,19H,5-7H2,1-4H3,(H2,13,14). The zero-order valence-corrected chi connectivity index (χ0v) is 11.9. The van der Waals surface area contributed by atoms with Crippen molar-refractivity contribution in [3.05, 3.63) is 0 Å². The predicted molar refractivity (Wildman–Crippen MR) is 70.6 cm³/mol. The number of hydrogen-bond acceptors (Lipinski definition) is 4. The fourth-order valence-corrected chi connectivity index (χ4v) is 2.37. The molecule has 108 valence electrons. The van der Waals surface area contributed by atoms with Crippen molar-refractivity contribution >= 4 is 17.6 Å². The predicted octanol–water partition coefficient (Wildman–Crippen LogP) is -0.162. The van der Waals surface area contributed by atoms with E-state index >= 15 is 0 Å². The second kappa shape index (κ2) is 5.46. The SMILES string of the molecule is CCC(C(=O)N1CCN(C)C(=O)C1(C)C)C(N)=NO. The Morgan fingerprint density at radius 2 is 2.11 bits per heavy atom. The molecule has 7 nitrogen and oxygen atoms in total. The van der Waals surface area contributed by atoms with E-state index in [1.54, 1.807) is 32.7 Å². The van der Waals surface area contributed by atoms with Gasteiger partial charge in [0.05, 0.1) is 5.92 Å². The summed E-state index contributed by atoms with van der Waals surface area (Å²) in [6.07, 6.45) is 0.422. The molecule has 1 aliphatic heterocycles. The fourth-order valence-electron chi connectivity index (χ4n) is 2.37. The van der Waals surface area contributed by atoms with Gasteiger partial charge in [-0.3, -0.25) is 9.59 Å². The van der Waals surface area contributed by atoms with Crippen molar-refractivity contribution in [2.24, 2.45) is 16.8 Å². The molecule has 7 heteroatoms. The molecule has 1 rings (SSSR count). The molecule has 1 atom stereocenters. The van der Waals surface area contributed by atoms with Crippen molar-refractivity contribution in [2.45, 2.75) is 32.7 Å². The first-order chi connectivity index (χ1) is 8.77. The van der Waals surface area contributed by atoms with Crippen LogP contribution in [0.5, 0.6) is 0 Å². The van der Waals surface area contributed by atoms with E-state index in [0.29, 0.717) is 19.5 Å². The van der Waals surface area contributed by atoms with Gasteiger partial charge in [-0.1, -0.05) is 12.1 Å². The second-order valence-corrected chi connectivity index (χ2v) is 5.26. The van der Waals surface area contributed by atoms with Gasteiger partial charge in [-0.15, -0.1) is 0 Å². The number of nitrogens with zero attached hydrogens (tertiary/aromatic N) is 3. The molecular weight excluding hydrogens is 248 g/mol. The van der Waals surface area contributed by atoms with Gasteiger partial charge in [-0.05, 0) is 20.3 Å². The zero-order valence-electron chi connectivity index (χ0n) is 11.9. The van der Waals surface area contributed by atoms with E-state index in [0.717, 1.165) is 0 Å². The number of carbonyl (C=O) groups is 2. The number of likely N-dealkylation sites (N-methyl/N-ethyl adjacent to an activating group) is 1. The van der Waals surface area contributed by atoms with Gasteiger partial charge in [0, 0.05) is 20.1 Å². The Balaban J connectivity index is 3.02. The fraction of sp³-hybridized carbons (Fsp3) is 0.750. The Kier molecular flexibility index (Phi) is 4.39. The third-order valence-electron chi connectivity index (χ3n) is 3.65. The Bertz CT molecular complexity index is 406. The van der Waals surface area contributed by atoms with Gasteiger partial charge in [-0.2, -0.15) is 0 Å². The Morgan fingerprint density at radius 3 is 2.58 bits per heavy atom. The molecule has 1 unspecified atom stereocenters. The van der Waals surface area contributed by atoms with Crippen molar-refractivity contribution in [1.82, 2.24) is 9.80 Å². The highest BCUT2D eigenvalue weighted by atomic mass is 16.4. The number of hydrogen-bond donors (Lipinski definition) is 2. The van der Waals surface area contributed by atoms with Crippen LogP contribution < -0.4 is 5.73 Å². The summed E-state index contributed by atoms with van der Waals surface area (Å²) in [6, 6.07) is 0. The highest BCUT2D eigenvalue weighted by molar-refractivity contribution is 6.04. The van der Waals surface area contributed by atoms with E-state index in [-0.39, 0.29) is 17.6 Å². The molecular formula is C12H22N4O3. The van der Waals surface area contributed by atoms with E-state index in [4.69, 9.17) is 10.9 Å². The molecule has 1 heterocycles. The van der Waals surface area contributed by atoms with Crippen molar-refractivity contribution < 1.29 is 14.8 Å². The first-order valence-electron chi connectivity index (χ1n) is 6.31. The molecule has 0 bridgehead atoms. The van der Waals surface area contributed by atoms with Crippen LogP contribution in [0.25, 0.3) is 0 Å². The number of amidine groups is 1. The van der Waals surface area contributed by atoms with Crippen molar-refractivity contribution in [3.63, 3.8) is 0 Å². The molecule has 1 fully saturated rings. The van der Waals surface area contributed by atoms with Crippen LogP contribution in [0.3, 0.4) is 0 Å². The summed E-state index contributed by atoms with van der Waals surface area (Å²) < 4.78 is 0. The molecule has 0 radical (unpaired) electrons. The minimum absolute atomic E-state index is 0.110. The van der Waals surface area contributed by atoms with Gasteiger partial charge < -0.3 is 20.7 Å². The second-order valence-electron chi connectivity index (χ2n) is 5.26. The quantitative estimate of drug-likeness (QED) is 0.322. The van der Waals surface area contributed by atoms with E-state index in [2.05, 4.69) is 5.16 Å². The molecule has 1 saturated heterocycles. The Hall–Kier alpha value is -1.79. The van der Waals surface area contributed by atoms with Crippen molar-refractivity contribution in [3.8, 4) is 0 Å². The summed E-state index contributed by atoms with van der Waals surface area (Å²) in [6.45, 7) is 6.14. The van der Waals surface area contributed by atoms with Crippen molar-refractivity contribution in [2.75, 3.05) is 20.1 Å². The Morgan fingerprint density at radius 1 is 1.53 bits per heavy atom. The minimum atomic E-state index is -0.909. The van der Waals surface area contributed by atoms with Gasteiger partial charge in [0.1, 0.15) is 5.54 Å². The minimum Gasteiger partial charge on any atom is -0.409 e. The number of nitrogens with two attached hydrogens (primary N) is 1. The summed E-state index contributed by atoms with van der Waals surface area (Å²) >= 11 is 0. The largest absolute Gasteiger partial charge is 0.409 e. The third-order valence-corrected chi connectivity index (χ3v) is 3.65. The van der Waals surface area contributed by atoms with Crippen LogP contribution in [-0.2, 0) is 9.59 Å². The lowest BCUT2D eigenvalue weighted by Gasteiger charge is -2.45. The normalized spacial score (nSPS) is 21.5. The lowest BCUT2D eigenvalue weighted by Crippen LogP contribution is -2.65. The molecule has 1 aliphatic rings. The number of rotatable bonds is 3. The van der Waals surface area contributed by atoms with Crippen LogP contribution in [0.2, 0.25) is 0 Å². The van der Waals surface area contributed by atoms with Crippen LogP contribution >= 0.6 is 0 Å². The topological polar surface area (TPSA) is 99.2 Å². The number of piperazine rings is 1. The maximum Gasteiger partial charge on any atom is 0.247 e. The maximum absolute atomic E-state index is 12.5. The van der Waals surface area contributed by atoms with E-state index < -0.39 is 11.5 Å². The first-order valence-corrected chi connectivity index (χ1v) is 6.31. The maximum atomic E-state index is 12.5. The molecule has 0 aliphatic carbocycles. The average molecular weight is 270 g/mol. The Labute approximate surface area is 113 Å². The van der Waals surface area contributed by atoms with Crippen LogP contribution in [0.1, 0.15) is 27.2 Å². The van der Waals surface area contributed by atoms with E-state index in [1.165, 1.54) is 4.90 Å². The molecule has 0 aromatic heterocycles. The average Bonchev–Trinajstić information content (AvgIpc) is 2.36. The van der Waals surface area contributed by atoms with Crippen LogP contribution in [0.4, 0.5) is 0 Å². The monoisotopic (exact) mass is 270 g/mol. The summed E-state index contributed by atoms with van der Waals surface area (Å²) in [4.78, 5) is 27.7.